The van der Waals surface area contributed by atoms with Gasteiger partial charge in [0.25, 0.3) is 0 Å². The van der Waals surface area contributed by atoms with Crippen LogP contribution in [0.5, 0.6) is 5.75 Å². The number of nitrogens with zero attached hydrogens (tertiary/aromatic N) is 4. The zero-order valence-electron chi connectivity index (χ0n) is 23.1. The van der Waals surface area contributed by atoms with Crippen molar-refractivity contribution in [2.45, 2.75) is 56.6 Å². The van der Waals surface area contributed by atoms with E-state index in [1.807, 2.05) is 46.9 Å². The number of imidazole rings is 1. The summed E-state index contributed by atoms with van der Waals surface area (Å²) >= 11 is 0. The van der Waals surface area contributed by atoms with Crippen molar-refractivity contribution < 1.29 is 33.7 Å². The quantitative estimate of drug-likeness (QED) is 0.266. The van der Waals surface area contributed by atoms with Gasteiger partial charge in [-0.3, -0.25) is 0 Å². The van der Waals surface area contributed by atoms with Gasteiger partial charge in [-0.05, 0) is 79.6 Å². The Labute approximate surface area is 247 Å². The summed E-state index contributed by atoms with van der Waals surface area (Å²) in [4.78, 5) is 10.5. The van der Waals surface area contributed by atoms with Gasteiger partial charge < -0.3 is 23.8 Å². The van der Waals surface area contributed by atoms with Crippen LogP contribution in [0.15, 0.2) is 70.6 Å². The Hall–Kier alpha value is -3.58. The molecular formula is C30H35F5N4O3S. The highest BCUT2D eigenvalue weighted by atomic mass is 32.5. The molecule has 0 N–H and O–H groups in total. The minimum atomic E-state index is -9.81. The number of hydrogen-bond donors (Lipinski definition) is 0. The second-order valence-electron chi connectivity index (χ2n) is 11.0. The van der Waals surface area contributed by atoms with E-state index < -0.39 is 26.8 Å². The molecule has 2 saturated heterocycles. The maximum absolute atomic E-state index is 13.5. The predicted molar refractivity (Wildman–Crippen MR) is 157 cm³/mol. The van der Waals surface area contributed by atoms with Crippen LogP contribution in [0.4, 0.5) is 19.4 Å². The molecule has 7 nitrogen and oxygen atoms in total. The van der Waals surface area contributed by atoms with E-state index in [1.165, 1.54) is 0 Å². The molecule has 1 spiro atoms. The molecular weight excluding hydrogens is 591 g/mol. The molecule has 3 aliphatic heterocycles. The number of benzene rings is 2. The van der Waals surface area contributed by atoms with E-state index in [0.717, 1.165) is 41.1 Å². The van der Waals surface area contributed by atoms with Gasteiger partial charge in [0, 0.05) is 19.3 Å². The molecule has 0 aliphatic carbocycles. The number of hydrogen-bond acceptors (Lipinski definition) is 6. The lowest BCUT2D eigenvalue weighted by atomic mass is 9.81. The molecule has 3 aromatic rings. The van der Waals surface area contributed by atoms with Crippen molar-refractivity contribution in [3.8, 4) is 11.4 Å². The lowest BCUT2D eigenvalue weighted by molar-refractivity contribution is -0.174. The van der Waals surface area contributed by atoms with Crippen molar-refractivity contribution in [3.05, 3.63) is 77.4 Å². The van der Waals surface area contributed by atoms with Crippen molar-refractivity contribution in [2.75, 3.05) is 26.9 Å². The number of oxime groups is 1. The molecule has 1 aromatic heterocycles. The smallest absolute Gasteiger partial charge is 0.310 e. The molecule has 1 unspecified atom stereocenters. The van der Waals surface area contributed by atoms with Gasteiger partial charge in [-0.15, -0.1) is 0 Å². The molecule has 234 valence electrons. The highest BCUT2D eigenvalue weighted by Gasteiger charge is 2.65. The average molecular weight is 627 g/mol. The predicted octanol–water partition coefficient (Wildman–Crippen LogP) is 8.60. The van der Waals surface area contributed by atoms with Crippen LogP contribution in [0.3, 0.4) is 0 Å². The summed E-state index contributed by atoms with van der Waals surface area (Å²) in [6.45, 7) is 3.18. The standard InChI is InChI=1S/C29H31F5N4O3S.CH4/c1-20-17-37(19-35-20)25-11-6-21(16-26(25)39-2)15-23-5-3-13-38-27(29(41-36-28(23)38)12-4-14-40-18-29)22-7-9-24(10-8-22)42(30,31,32,33)34;/h6-11,15-17,19,27H,3-5,12-14,18H2,1-2H3;1H4/b23-15+;/t27-,29?;/m0./s1. The van der Waals surface area contributed by atoms with Crippen LogP contribution in [0, 0.1) is 6.92 Å². The number of halogens is 5. The topological polar surface area (TPSA) is 61.1 Å². The molecule has 0 amide bonds. The third kappa shape index (κ3) is 5.97. The van der Waals surface area contributed by atoms with Crippen LogP contribution >= 0.6 is 10.2 Å². The van der Waals surface area contributed by atoms with Crippen molar-refractivity contribution in [3.63, 3.8) is 0 Å². The Morgan fingerprint density at radius 3 is 2.47 bits per heavy atom. The summed E-state index contributed by atoms with van der Waals surface area (Å²) in [5, 5.41) is 4.53. The fourth-order valence-corrected chi connectivity index (χ4v) is 6.68. The average Bonchev–Trinajstić information content (AvgIpc) is 3.38. The van der Waals surface area contributed by atoms with Crippen LogP contribution in [-0.2, 0) is 9.57 Å². The van der Waals surface area contributed by atoms with Gasteiger partial charge in [-0.1, -0.05) is 50.2 Å². The first-order valence-corrected chi connectivity index (χ1v) is 15.6. The van der Waals surface area contributed by atoms with E-state index in [-0.39, 0.29) is 14.0 Å². The van der Waals surface area contributed by atoms with Gasteiger partial charge in [0.2, 0.25) is 0 Å². The number of amidine groups is 1. The molecule has 3 aliphatic rings. The highest BCUT2D eigenvalue weighted by Crippen LogP contribution is 3.02. The van der Waals surface area contributed by atoms with Crippen molar-refractivity contribution >= 4 is 22.1 Å². The molecule has 0 saturated carbocycles. The Kier molecular flexibility index (Phi) is 7.36. The number of piperidine rings is 1. The number of fused-ring (bicyclic) bond motifs is 1. The van der Waals surface area contributed by atoms with Gasteiger partial charge in [0.1, 0.15) is 16.7 Å². The Morgan fingerprint density at radius 2 is 1.84 bits per heavy atom. The Balaban J connectivity index is 0.00000368. The first-order chi connectivity index (χ1) is 19.8. The number of ether oxygens (including phenoxy) is 2. The van der Waals surface area contributed by atoms with Crippen LogP contribution < -0.4 is 4.74 Å². The lowest BCUT2D eigenvalue weighted by Gasteiger charge is -2.51. The van der Waals surface area contributed by atoms with E-state index in [2.05, 4.69) is 10.1 Å². The van der Waals surface area contributed by atoms with Gasteiger partial charge in [0.15, 0.2) is 11.4 Å². The third-order valence-electron chi connectivity index (χ3n) is 7.94. The van der Waals surface area contributed by atoms with Crippen LogP contribution in [-0.4, -0.2) is 52.8 Å². The minimum Gasteiger partial charge on any atom is -0.495 e. The number of methoxy groups -OCH3 is 1. The van der Waals surface area contributed by atoms with Gasteiger partial charge in [0.05, 0.1) is 31.4 Å². The SMILES string of the molecule is C.COc1cc(/C=C2\CCCN3C2=NOC2(CCCOC2)[C@@H]3c2ccc(S(F)(F)(F)(F)F)cc2)ccc1-n1cnc(C)c1. The summed E-state index contributed by atoms with van der Waals surface area (Å²) in [5.74, 6) is 1.21. The third-order valence-corrected chi connectivity index (χ3v) is 9.10. The van der Waals surface area contributed by atoms with Crippen molar-refractivity contribution in [1.82, 2.24) is 14.5 Å². The monoisotopic (exact) mass is 626 g/mol. The van der Waals surface area contributed by atoms with Crippen molar-refractivity contribution in [1.29, 1.82) is 0 Å². The minimum absolute atomic E-state index is 0. The summed E-state index contributed by atoms with van der Waals surface area (Å²) in [6.07, 6.45) is 8.28. The molecule has 0 bridgehead atoms. The molecule has 4 heterocycles. The van der Waals surface area contributed by atoms with E-state index >= 15 is 0 Å². The second kappa shape index (κ2) is 10.3. The first kappa shape index (κ1) is 30.9. The summed E-state index contributed by atoms with van der Waals surface area (Å²) < 4.78 is 80.7. The van der Waals surface area contributed by atoms with E-state index in [4.69, 9.17) is 14.3 Å². The molecule has 43 heavy (non-hydrogen) atoms. The Morgan fingerprint density at radius 1 is 1.07 bits per heavy atom. The normalized spacial score (nSPS) is 24.7. The fourth-order valence-electron chi connectivity index (χ4n) is 6.03. The first-order valence-electron chi connectivity index (χ1n) is 13.6. The number of rotatable bonds is 5. The number of aromatic nitrogens is 2. The molecule has 2 atom stereocenters. The maximum atomic E-state index is 13.5. The van der Waals surface area contributed by atoms with Gasteiger partial charge in [-0.25, -0.2) is 4.98 Å². The summed E-state index contributed by atoms with van der Waals surface area (Å²) in [7, 11) is -8.22. The highest BCUT2D eigenvalue weighted by molar-refractivity contribution is 8.45. The van der Waals surface area contributed by atoms with E-state index in [1.54, 1.807) is 13.4 Å². The van der Waals surface area contributed by atoms with E-state index in [9.17, 15) is 19.4 Å². The number of aryl methyl sites for hydroxylation is 1. The molecule has 0 radical (unpaired) electrons. The summed E-state index contributed by atoms with van der Waals surface area (Å²) in [6, 6.07) is 8.40. The fraction of sp³-hybridized carbons (Fsp3) is 0.400. The largest absolute Gasteiger partial charge is 0.495 e. The van der Waals surface area contributed by atoms with Gasteiger partial charge >= 0.3 is 10.2 Å². The molecule has 2 fully saturated rings. The summed E-state index contributed by atoms with van der Waals surface area (Å²) in [5.41, 5.74) is 2.92. The molecule has 6 rings (SSSR count). The molecule has 13 heteroatoms. The van der Waals surface area contributed by atoms with Crippen molar-refractivity contribution in [2.24, 2.45) is 5.16 Å². The van der Waals surface area contributed by atoms with Gasteiger partial charge in [-0.2, -0.15) is 0 Å². The zero-order valence-corrected chi connectivity index (χ0v) is 23.9. The Bertz CT molecular complexity index is 1570. The lowest BCUT2D eigenvalue weighted by Crippen LogP contribution is -2.58. The zero-order chi connectivity index (χ0) is 29.8. The van der Waals surface area contributed by atoms with Crippen LogP contribution in [0.1, 0.15) is 56.0 Å². The van der Waals surface area contributed by atoms with Crippen LogP contribution in [0.25, 0.3) is 11.8 Å². The maximum Gasteiger partial charge on any atom is 0.310 e. The van der Waals surface area contributed by atoms with Crippen LogP contribution in [0.2, 0.25) is 0 Å². The molecule has 2 aromatic carbocycles. The second-order valence-corrected chi connectivity index (χ2v) is 13.4. The van der Waals surface area contributed by atoms with E-state index in [0.29, 0.717) is 61.7 Å².